The first kappa shape index (κ1) is 19.0. The van der Waals surface area contributed by atoms with Crippen molar-refractivity contribution in [2.24, 2.45) is 9.98 Å². The Morgan fingerprint density at radius 2 is 2.14 bits per heavy atom. The second-order valence-electron chi connectivity index (χ2n) is 6.41. The number of nitrogens with zero attached hydrogens (tertiary/aromatic N) is 5. The molecule has 7 nitrogen and oxygen atoms in total. The molecule has 0 amide bonds. The Bertz CT molecular complexity index is 954. The van der Waals surface area contributed by atoms with Crippen LogP contribution in [0.2, 0.25) is 5.02 Å². The first-order valence-corrected chi connectivity index (χ1v) is 10.4. The number of esters is 1. The van der Waals surface area contributed by atoms with Gasteiger partial charge in [-0.05, 0) is 37.1 Å². The molecule has 2 aliphatic heterocycles. The highest BCUT2D eigenvalue weighted by Gasteiger charge is 2.34. The predicted octanol–water partition coefficient (Wildman–Crippen LogP) is 3.66. The molecule has 146 valence electrons. The number of carbonyl (C=O) groups excluding carboxylic acids is 1. The maximum absolute atomic E-state index is 12.1. The van der Waals surface area contributed by atoms with Crippen LogP contribution in [0.15, 0.2) is 40.4 Å². The predicted molar refractivity (Wildman–Crippen MR) is 112 cm³/mol. The van der Waals surface area contributed by atoms with Gasteiger partial charge in [-0.25, -0.2) is 9.67 Å². The van der Waals surface area contributed by atoms with Crippen molar-refractivity contribution in [2.45, 2.75) is 25.0 Å². The van der Waals surface area contributed by atoms with E-state index in [0.717, 1.165) is 41.8 Å². The lowest BCUT2D eigenvalue weighted by Gasteiger charge is -2.33. The minimum absolute atomic E-state index is 0.247. The van der Waals surface area contributed by atoms with Gasteiger partial charge in [0.2, 0.25) is 0 Å². The zero-order valence-corrected chi connectivity index (χ0v) is 17.2. The normalized spacial score (nSPS) is 16.6. The van der Waals surface area contributed by atoms with Gasteiger partial charge in [0.15, 0.2) is 11.0 Å². The molecule has 0 spiro atoms. The zero-order chi connectivity index (χ0) is 19.7. The van der Waals surface area contributed by atoms with Gasteiger partial charge in [-0.15, -0.1) is 0 Å². The number of thioether (sulfide) groups is 1. The van der Waals surface area contributed by atoms with E-state index in [1.54, 1.807) is 10.9 Å². The van der Waals surface area contributed by atoms with Gasteiger partial charge in [-0.2, -0.15) is 5.10 Å². The summed E-state index contributed by atoms with van der Waals surface area (Å²) in [6, 6.07) is 7.44. The minimum atomic E-state index is -0.319. The molecule has 2 aromatic rings. The Morgan fingerprint density at radius 3 is 2.86 bits per heavy atom. The molecule has 0 bridgehead atoms. The first-order valence-electron chi connectivity index (χ1n) is 9.12. The molecule has 3 heterocycles. The smallest absolute Gasteiger partial charge is 0.319 e. The Balaban J connectivity index is 1.78. The van der Waals surface area contributed by atoms with Crippen LogP contribution in [0.1, 0.15) is 25.3 Å². The van der Waals surface area contributed by atoms with E-state index in [9.17, 15) is 4.79 Å². The number of hydrogen-bond donors (Lipinski definition) is 0. The van der Waals surface area contributed by atoms with Gasteiger partial charge in [0, 0.05) is 18.1 Å². The Morgan fingerprint density at radius 1 is 1.36 bits per heavy atom. The molecule has 28 heavy (non-hydrogen) atoms. The van der Waals surface area contributed by atoms with Gasteiger partial charge < -0.3 is 9.64 Å². The third-order valence-electron chi connectivity index (χ3n) is 4.63. The van der Waals surface area contributed by atoms with Crippen molar-refractivity contribution >= 4 is 46.2 Å². The fraction of sp³-hybridized carbons (Fsp3) is 0.368. The molecular formula is C19H20ClN5O2S. The second kappa shape index (κ2) is 7.97. The lowest BCUT2D eigenvalue weighted by atomic mass is 10.2. The summed E-state index contributed by atoms with van der Waals surface area (Å²) in [5.74, 6) is 1.32. The van der Waals surface area contributed by atoms with E-state index < -0.39 is 0 Å². The van der Waals surface area contributed by atoms with Crippen molar-refractivity contribution < 1.29 is 9.53 Å². The zero-order valence-electron chi connectivity index (χ0n) is 15.6. The van der Waals surface area contributed by atoms with E-state index in [-0.39, 0.29) is 11.2 Å². The molecule has 4 rings (SSSR count). The van der Waals surface area contributed by atoms with E-state index in [4.69, 9.17) is 26.3 Å². The van der Waals surface area contributed by atoms with E-state index >= 15 is 0 Å². The Hall–Kier alpha value is -2.32. The van der Waals surface area contributed by atoms with Crippen LogP contribution in [0.4, 0.5) is 5.82 Å². The Kier molecular flexibility index (Phi) is 5.41. The van der Waals surface area contributed by atoms with Crippen LogP contribution in [0.25, 0.3) is 5.69 Å². The molecule has 9 heteroatoms. The number of methoxy groups -OCH3 is 1. The Labute approximate surface area is 172 Å². The van der Waals surface area contributed by atoms with Gasteiger partial charge in [-0.1, -0.05) is 30.3 Å². The summed E-state index contributed by atoms with van der Waals surface area (Å²) >= 11 is 7.43. The van der Waals surface area contributed by atoms with Crippen molar-refractivity contribution in [2.75, 3.05) is 20.2 Å². The minimum Gasteiger partial charge on any atom is -0.468 e. The molecule has 2 aliphatic rings. The summed E-state index contributed by atoms with van der Waals surface area (Å²) in [5, 5.41) is 5.62. The SMILES string of the molecule is CC[C@H](SC1=Nc2c(cnn2-c2ccc(Cl)cc2)C2=NCCCN12)C(=O)OC. The summed E-state index contributed by atoms with van der Waals surface area (Å²) in [5.41, 5.74) is 1.76. The van der Waals surface area contributed by atoms with Crippen LogP contribution in [-0.2, 0) is 9.53 Å². The lowest BCUT2D eigenvalue weighted by molar-refractivity contribution is -0.139. The highest BCUT2D eigenvalue weighted by Crippen LogP contribution is 2.35. The average Bonchev–Trinajstić information content (AvgIpc) is 3.16. The van der Waals surface area contributed by atoms with Gasteiger partial charge in [0.25, 0.3) is 0 Å². The number of carbonyl (C=O) groups is 1. The number of fused-ring (bicyclic) bond motifs is 3. The third kappa shape index (κ3) is 3.42. The molecule has 0 aliphatic carbocycles. The van der Waals surface area contributed by atoms with Gasteiger partial charge in [0.05, 0.1) is 24.6 Å². The fourth-order valence-corrected chi connectivity index (χ4v) is 4.38. The second-order valence-corrected chi connectivity index (χ2v) is 8.02. The number of ether oxygens (including phenoxy) is 1. The van der Waals surface area contributed by atoms with Crippen LogP contribution in [0.3, 0.4) is 0 Å². The molecular weight excluding hydrogens is 398 g/mol. The number of aromatic nitrogens is 2. The summed E-state index contributed by atoms with van der Waals surface area (Å²) < 4.78 is 6.72. The third-order valence-corrected chi connectivity index (χ3v) is 6.21. The lowest BCUT2D eigenvalue weighted by Crippen LogP contribution is -2.42. The van der Waals surface area contributed by atoms with E-state index in [0.29, 0.717) is 17.3 Å². The van der Waals surface area contributed by atoms with Gasteiger partial charge >= 0.3 is 5.97 Å². The molecule has 0 N–H and O–H groups in total. The topological polar surface area (TPSA) is 72.1 Å². The summed E-state index contributed by atoms with van der Waals surface area (Å²) in [4.78, 5) is 23.8. The number of halogens is 1. The molecule has 1 atom stereocenters. The monoisotopic (exact) mass is 417 g/mol. The molecule has 1 aromatic heterocycles. The summed E-state index contributed by atoms with van der Waals surface area (Å²) in [6.45, 7) is 3.55. The van der Waals surface area contributed by atoms with Crippen molar-refractivity contribution in [1.29, 1.82) is 0 Å². The van der Waals surface area contributed by atoms with Crippen LogP contribution in [0, 0.1) is 0 Å². The molecule has 0 saturated carbocycles. The maximum Gasteiger partial charge on any atom is 0.319 e. The van der Waals surface area contributed by atoms with Crippen LogP contribution in [-0.4, -0.2) is 57.1 Å². The van der Waals surface area contributed by atoms with Crippen LogP contribution >= 0.6 is 23.4 Å². The average molecular weight is 418 g/mol. The highest BCUT2D eigenvalue weighted by molar-refractivity contribution is 8.14. The number of aliphatic imine (C=N–C) groups is 2. The standard InChI is InChI=1S/C19H20ClN5O2S/c1-3-15(18(26)27-2)28-19-23-17-14(16-21-9-4-10-24(16)19)11-22-25(17)13-7-5-12(20)6-8-13/h5-8,11,15H,3-4,9-10H2,1-2H3/t15-/m0/s1. The van der Waals surface area contributed by atoms with Crippen molar-refractivity contribution in [3.05, 3.63) is 41.0 Å². The number of amidine groups is 2. The molecule has 0 unspecified atom stereocenters. The number of benzene rings is 1. The van der Waals surface area contributed by atoms with Gasteiger partial charge in [-0.3, -0.25) is 9.79 Å². The van der Waals surface area contributed by atoms with Crippen molar-refractivity contribution in [3.63, 3.8) is 0 Å². The molecule has 0 radical (unpaired) electrons. The largest absolute Gasteiger partial charge is 0.468 e. The van der Waals surface area contributed by atoms with E-state index in [2.05, 4.69) is 10.00 Å². The van der Waals surface area contributed by atoms with E-state index in [1.165, 1.54) is 18.9 Å². The number of hydrogen-bond acceptors (Lipinski definition) is 7. The summed E-state index contributed by atoms with van der Waals surface area (Å²) in [7, 11) is 1.41. The van der Waals surface area contributed by atoms with Gasteiger partial charge in [0.1, 0.15) is 11.1 Å². The molecule has 0 fully saturated rings. The van der Waals surface area contributed by atoms with Crippen LogP contribution < -0.4 is 0 Å². The first-order chi connectivity index (χ1) is 13.6. The maximum atomic E-state index is 12.1. The molecule has 0 saturated heterocycles. The van der Waals surface area contributed by atoms with Crippen molar-refractivity contribution in [1.82, 2.24) is 14.7 Å². The fourth-order valence-electron chi connectivity index (χ4n) is 3.20. The number of rotatable bonds is 4. The molecule has 1 aromatic carbocycles. The summed E-state index contributed by atoms with van der Waals surface area (Å²) in [6.07, 6.45) is 3.39. The van der Waals surface area contributed by atoms with Crippen molar-refractivity contribution in [3.8, 4) is 5.69 Å². The quantitative estimate of drug-likeness (QED) is 0.710. The van der Waals surface area contributed by atoms with E-state index in [1.807, 2.05) is 31.2 Å². The van der Waals surface area contributed by atoms with Crippen LogP contribution in [0.5, 0.6) is 0 Å². The highest BCUT2D eigenvalue weighted by atomic mass is 35.5.